The topological polar surface area (TPSA) is 111 Å². The normalized spacial score (nSPS) is 15.6. The van der Waals surface area contributed by atoms with Crippen molar-refractivity contribution in [1.82, 2.24) is 24.8 Å². The Morgan fingerprint density at radius 1 is 1.15 bits per heavy atom. The fourth-order valence-corrected chi connectivity index (χ4v) is 5.23. The second-order valence-corrected chi connectivity index (χ2v) is 9.30. The van der Waals surface area contributed by atoms with Gasteiger partial charge in [-0.15, -0.1) is 0 Å². The van der Waals surface area contributed by atoms with Crippen LogP contribution in [-0.2, 0) is 5.54 Å². The zero-order valence-electron chi connectivity index (χ0n) is 17.8. The van der Waals surface area contributed by atoms with E-state index in [1.165, 1.54) is 18.2 Å². The summed E-state index contributed by atoms with van der Waals surface area (Å²) in [5.41, 5.74) is 3.14. The molecule has 2 aliphatic rings. The molecule has 6 rings (SSSR count). The number of anilines is 2. The van der Waals surface area contributed by atoms with E-state index in [0.717, 1.165) is 28.7 Å². The third kappa shape index (κ3) is 3.21. The van der Waals surface area contributed by atoms with Crippen LogP contribution < -0.4 is 21.8 Å². The van der Waals surface area contributed by atoms with Crippen LogP contribution in [-0.4, -0.2) is 19.5 Å². The van der Waals surface area contributed by atoms with Crippen molar-refractivity contribution in [3.05, 3.63) is 85.9 Å². The van der Waals surface area contributed by atoms with Crippen LogP contribution in [0.4, 0.5) is 11.6 Å². The molecule has 2 aromatic carbocycles. The first kappa shape index (κ1) is 20.9. The highest BCUT2D eigenvalue weighted by molar-refractivity contribution is 6.37. The van der Waals surface area contributed by atoms with E-state index in [9.17, 15) is 4.79 Å². The molecule has 0 amide bonds. The van der Waals surface area contributed by atoms with Gasteiger partial charge in [0.25, 0.3) is 0 Å². The van der Waals surface area contributed by atoms with Crippen molar-refractivity contribution in [2.75, 3.05) is 5.32 Å². The Labute approximate surface area is 203 Å². The molecule has 4 N–H and O–H groups in total. The molecule has 34 heavy (non-hydrogen) atoms. The van der Waals surface area contributed by atoms with Crippen molar-refractivity contribution in [3.63, 3.8) is 0 Å². The maximum Gasteiger partial charge on any atom is 0.333 e. The summed E-state index contributed by atoms with van der Waals surface area (Å²) in [6.07, 6.45) is 9.06. The molecule has 1 spiro atoms. The van der Waals surface area contributed by atoms with Crippen molar-refractivity contribution < 1.29 is 0 Å². The van der Waals surface area contributed by atoms with Crippen LogP contribution in [0.25, 0.3) is 22.8 Å². The molecule has 3 heterocycles. The van der Waals surface area contributed by atoms with E-state index < -0.39 is 5.69 Å². The second-order valence-electron chi connectivity index (χ2n) is 8.48. The molecule has 2 aromatic heterocycles. The molecule has 0 unspecified atom stereocenters. The first-order valence-electron chi connectivity index (χ1n) is 10.8. The summed E-state index contributed by atoms with van der Waals surface area (Å²) in [6, 6.07) is 11.1. The van der Waals surface area contributed by atoms with E-state index in [1.54, 1.807) is 18.2 Å². The molecular formula is C24H19Cl2N7O. The number of hydrogen-bond acceptors (Lipinski definition) is 6. The number of H-pyrrole nitrogens is 1. The van der Waals surface area contributed by atoms with Gasteiger partial charge in [0, 0.05) is 11.9 Å². The molecule has 0 radical (unpaired) electrons. The lowest BCUT2D eigenvalue weighted by Crippen LogP contribution is -2.47. The Morgan fingerprint density at radius 2 is 1.94 bits per heavy atom. The minimum atomic E-state index is -0.575. The van der Waals surface area contributed by atoms with Crippen LogP contribution in [0.15, 0.2) is 53.6 Å². The number of para-hydroxylation sites is 1. The van der Waals surface area contributed by atoms with Gasteiger partial charge in [0.1, 0.15) is 5.49 Å². The summed E-state index contributed by atoms with van der Waals surface area (Å²) >= 11 is 12.5. The highest BCUT2D eigenvalue weighted by Gasteiger charge is 2.40. The van der Waals surface area contributed by atoms with E-state index in [1.807, 2.05) is 12.3 Å². The molecular weight excluding hydrogens is 473 g/mol. The standard InChI is InChI=1S/C24H19Cl2N7O/c25-17-3-1-4-18(26)19(17)33-20(27)15-12-28-22(31-21(15)32-23(33)34)30-14-5-6-16-13(11-14)7-10-29-24(16)8-2-9-24/h1,3-7,10-12,27,29H,2,8-9H2,(H2,28,30,31,32,34). The fourth-order valence-electron chi connectivity index (χ4n) is 4.66. The van der Waals surface area contributed by atoms with E-state index in [0.29, 0.717) is 11.3 Å². The largest absolute Gasteiger partial charge is 0.381 e. The molecule has 10 heteroatoms. The maximum atomic E-state index is 12.9. The number of halogens is 2. The number of benzene rings is 2. The Bertz CT molecular complexity index is 1600. The van der Waals surface area contributed by atoms with Crippen LogP contribution in [0.1, 0.15) is 30.4 Å². The Morgan fingerprint density at radius 3 is 2.68 bits per heavy atom. The molecule has 0 bridgehead atoms. The highest BCUT2D eigenvalue weighted by Crippen LogP contribution is 2.45. The molecule has 1 saturated carbocycles. The van der Waals surface area contributed by atoms with Gasteiger partial charge in [-0.2, -0.15) is 4.98 Å². The van der Waals surface area contributed by atoms with E-state index in [2.05, 4.69) is 43.8 Å². The van der Waals surface area contributed by atoms with Crippen molar-refractivity contribution >= 4 is 51.9 Å². The van der Waals surface area contributed by atoms with E-state index in [-0.39, 0.29) is 32.4 Å². The molecule has 1 aliphatic carbocycles. The number of rotatable bonds is 3. The van der Waals surface area contributed by atoms with Gasteiger partial charge in [0.2, 0.25) is 5.95 Å². The molecule has 1 aliphatic heterocycles. The monoisotopic (exact) mass is 491 g/mol. The number of nitrogens with zero attached hydrogens (tertiary/aromatic N) is 3. The van der Waals surface area contributed by atoms with Crippen LogP contribution in [0.2, 0.25) is 10.0 Å². The zero-order chi connectivity index (χ0) is 23.4. The number of aromatic amines is 1. The average Bonchev–Trinajstić information content (AvgIpc) is 2.79. The molecule has 1 fully saturated rings. The molecule has 170 valence electrons. The predicted molar refractivity (Wildman–Crippen MR) is 133 cm³/mol. The second kappa shape index (κ2) is 7.72. The van der Waals surface area contributed by atoms with Gasteiger partial charge in [-0.1, -0.05) is 35.3 Å². The maximum absolute atomic E-state index is 12.9. The van der Waals surface area contributed by atoms with Gasteiger partial charge in [-0.05, 0) is 66.9 Å². The Balaban J connectivity index is 1.38. The third-order valence-corrected chi connectivity index (χ3v) is 7.12. The summed E-state index contributed by atoms with van der Waals surface area (Å²) in [7, 11) is 0. The van der Waals surface area contributed by atoms with Crippen molar-refractivity contribution in [2.45, 2.75) is 24.8 Å². The minimum Gasteiger partial charge on any atom is -0.381 e. The lowest BCUT2D eigenvalue weighted by atomic mass is 9.69. The minimum absolute atomic E-state index is 0.0615. The zero-order valence-corrected chi connectivity index (χ0v) is 19.3. The summed E-state index contributed by atoms with van der Waals surface area (Å²) in [6.45, 7) is 0. The predicted octanol–water partition coefficient (Wildman–Crippen LogP) is 4.59. The van der Waals surface area contributed by atoms with Crippen LogP contribution in [0.5, 0.6) is 0 Å². The molecule has 0 saturated heterocycles. The van der Waals surface area contributed by atoms with Crippen LogP contribution >= 0.6 is 23.2 Å². The van der Waals surface area contributed by atoms with Gasteiger partial charge in [-0.25, -0.2) is 14.3 Å². The van der Waals surface area contributed by atoms with Crippen molar-refractivity contribution in [1.29, 1.82) is 5.41 Å². The van der Waals surface area contributed by atoms with Gasteiger partial charge >= 0.3 is 5.69 Å². The quantitative estimate of drug-likeness (QED) is 0.334. The first-order chi connectivity index (χ1) is 16.4. The Kier molecular flexibility index (Phi) is 4.75. The summed E-state index contributed by atoms with van der Waals surface area (Å²) in [4.78, 5) is 24.4. The number of hydrogen-bond donors (Lipinski definition) is 4. The number of fused-ring (bicyclic) bond motifs is 3. The Hall–Kier alpha value is -3.62. The van der Waals surface area contributed by atoms with Crippen LogP contribution in [0, 0.1) is 5.41 Å². The van der Waals surface area contributed by atoms with Crippen molar-refractivity contribution in [2.24, 2.45) is 0 Å². The highest BCUT2D eigenvalue weighted by atomic mass is 35.5. The molecule has 8 nitrogen and oxygen atoms in total. The number of nitrogens with one attached hydrogen (secondary N) is 4. The van der Waals surface area contributed by atoms with E-state index in [4.69, 9.17) is 28.6 Å². The van der Waals surface area contributed by atoms with Gasteiger partial charge in [0.05, 0.1) is 26.7 Å². The van der Waals surface area contributed by atoms with Gasteiger partial charge in [0.15, 0.2) is 5.65 Å². The SMILES string of the molecule is N=c1c2cnc(Nc3ccc4c(c3)C=CNC43CCC3)nc2[nH]c(=O)n1-c1c(Cl)cccc1Cl. The fraction of sp³-hybridized carbons (Fsp3) is 0.167. The number of aromatic nitrogens is 4. The van der Waals surface area contributed by atoms with Crippen LogP contribution in [0.3, 0.4) is 0 Å². The summed E-state index contributed by atoms with van der Waals surface area (Å²) < 4.78 is 1.11. The lowest BCUT2D eigenvalue weighted by Gasteiger charge is -2.45. The van der Waals surface area contributed by atoms with Crippen molar-refractivity contribution in [3.8, 4) is 5.69 Å². The van der Waals surface area contributed by atoms with Gasteiger partial charge in [-0.3, -0.25) is 10.4 Å². The molecule has 4 aromatic rings. The van der Waals surface area contributed by atoms with E-state index >= 15 is 0 Å². The lowest BCUT2D eigenvalue weighted by molar-refractivity contribution is 0.208. The summed E-state index contributed by atoms with van der Waals surface area (Å²) in [5.74, 6) is 0.312. The first-order valence-corrected chi connectivity index (χ1v) is 11.6. The van der Waals surface area contributed by atoms with Gasteiger partial charge < -0.3 is 10.6 Å². The molecule has 0 atom stereocenters. The summed E-state index contributed by atoms with van der Waals surface area (Å²) in [5, 5.41) is 16.2. The third-order valence-electron chi connectivity index (χ3n) is 6.51. The smallest absolute Gasteiger partial charge is 0.333 e. The average molecular weight is 492 g/mol.